The van der Waals surface area contributed by atoms with Crippen molar-refractivity contribution in [2.45, 2.75) is 13.5 Å². The minimum Gasteiger partial charge on any atom is -0.493 e. The van der Waals surface area contributed by atoms with Crippen LogP contribution >= 0.6 is 23.4 Å². The number of aliphatic imine (C=N–C) groups is 1. The number of carbonyl (C=O) groups excluding carboxylic acids is 1. The van der Waals surface area contributed by atoms with Crippen molar-refractivity contribution in [3.63, 3.8) is 0 Å². The average molecular weight is 483 g/mol. The van der Waals surface area contributed by atoms with Crippen molar-refractivity contribution < 1.29 is 18.7 Å². The highest BCUT2D eigenvalue weighted by molar-refractivity contribution is 8.18. The number of amidine groups is 1. The second-order valence-electron chi connectivity index (χ2n) is 7.24. The maximum atomic E-state index is 13.4. The molecule has 1 fully saturated rings. The van der Waals surface area contributed by atoms with Crippen LogP contribution in [0.4, 0.5) is 10.1 Å². The summed E-state index contributed by atoms with van der Waals surface area (Å²) in [7, 11) is 1.54. The van der Waals surface area contributed by atoms with Gasteiger partial charge in [0.15, 0.2) is 16.7 Å². The normalized spacial score (nSPS) is 15.7. The van der Waals surface area contributed by atoms with Gasteiger partial charge in [-0.1, -0.05) is 35.9 Å². The van der Waals surface area contributed by atoms with E-state index in [0.29, 0.717) is 37.8 Å². The smallest absolute Gasteiger partial charge is 0.264 e. The third-order valence-corrected chi connectivity index (χ3v) is 5.96. The fourth-order valence-corrected chi connectivity index (χ4v) is 4.13. The molecular weight excluding hydrogens is 463 g/mol. The number of aryl methyl sites for hydroxylation is 1. The Kier molecular flexibility index (Phi) is 7.01. The number of rotatable bonds is 6. The summed E-state index contributed by atoms with van der Waals surface area (Å²) in [5.41, 5.74) is 3.14. The molecule has 8 heteroatoms. The number of halogens is 2. The second-order valence-corrected chi connectivity index (χ2v) is 8.71. The lowest BCUT2D eigenvalue weighted by Crippen LogP contribution is -2.19. The summed E-state index contributed by atoms with van der Waals surface area (Å²) in [6.07, 6.45) is 1.76. The van der Waals surface area contributed by atoms with Crippen LogP contribution in [-0.2, 0) is 11.4 Å². The number of hydrogen-bond acceptors (Lipinski definition) is 5. The van der Waals surface area contributed by atoms with Gasteiger partial charge >= 0.3 is 0 Å². The third kappa shape index (κ3) is 5.74. The molecule has 0 unspecified atom stereocenters. The fraction of sp³-hybridized carbons (Fsp3) is 0.120. The molecule has 0 bridgehead atoms. The standard InChI is InChI=1S/C25H20ClFN2O3S/c1-15-6-8-18(26)13-20(15)28-25-29-24(30)23(33-25)12-16-7-9-21(22(11-16)31-2)32-14-17-4-3-5-19(27)10-17/h3-13H,14H2,1-2H3,(H,28,29,30)/b23-12-. The van der Waals surface area contributed by atoms with Gasteiger partial charge in [-0.05, 0) is 77.9 Å². The van der Waals surface area contributed by atoms with Crippen LogP contribution in [0.15, 0.2) is 70.6 Å². The van der Waals surface area contributed by atoms with Gasteiger partial charge in [-0.15, -0.1) is 0 Å². The van der Waals surface area contributed by atoms with Gasteiger partial charge < -0.3 is 14.8 Å². The molecular formula is C25H20ClFN2O3S. The molecule has 168 valence electrons. The van der Waals surface area contributed by atoms with Crippen LogP contribution in [-0.4, -0.2) is 18.2 Å². The topological polar surface area (TPSA) is 59.9 Å². The molecule has 1 saturated heterocycles. The highest BCUT2D eigenvalue weighted by Crippen LogP contribution is 2.33. The summed E-state index contributed by atoms with van der Waals surface area (Å²) in [4.78, 5) is 17.5. The molecule has 0 aromatic heterocycles. The van der Waals surface area contributed by atoms with Gasteiger partial charge in [-0.3, -0.25) is 4.79 Å². The lowest BCUT2D eigenvalue weighted by Gasteiger charge is -2.11. The monoisotopic (exact) mass is 482 g/mol. The van der Waals surface area contributed by atoms with Gasteiger partial charge in [-0.25, -0.2) is 9.38 Å². The Morgan fingerprint density at radius 1 is 1.12 bits per heavy atom. The molecule has 5 nitrogen and oxygen atoms in total. The number of ether oxygens (including phenoxy) is 2. The highest BCUT2D eigenvalue weighted by Gasteiger charge is 2.24. The predicted molar refractivity (Wildman–Crippen MR) is 131 cm³/mol. The Bertz CT molecular complexity index is 1280. The van der Waals surface area contributed by atoms with Crippen molar-refractivity contribution in [3.05, 3.63) is 93.1 Å². The van der Waals surface area contributed by atoms with Crippen molar-refractivity contribution in [2.24, 2.45) is 4.99 Å². The summed E-state index contributed by atoms with van der Waals surface area (Å²) in [5.74, 6) is 0.480. The van der Waals surface area contributed by atoms with E-state index < -0.39 is 0 Å². The van der Waals surface area contributed by atoms with Crippen LogP contribution in [0.5, 0.6) is 11.5 Å². The van der Waals surface area contributed by atoms with Gasteiger partial charge in [0.05, 0.1) is 17.7 Å². The van der Waals surface area contributed by atoms with Gasteiger partial charge in [0.1, 0.15) is 12.4 Å². The molecule has 1 aliphatic heterocycles. The van der Waals surface area contributed by atoms with E-state index in [1.807, 2.05) is 19.1 Å². The lowest BCUT2D eigenvalue weighted by atomic mass is 10.2. The zero-order valence-corrected chi connectivity index (χ0v) is 19.5. The maximum Gasteiger partial charge on any atom is 0.264 e. The number of nitrogens with one attached hydrogen (secondary N) is 1. The first kappa shape index (κ1) is 22.9. The van der Waals surface area contributed by atoms with Crippen LogP contribution in [0, 0.1) is 12.7 Å². The number of methoxy groups -OCH3 is 1. The van der Waals surface area contributed by atoms with E-state index in [-0.39, 0.29) is 18.3 Å². The number of nitrogens with zero attached hydrogens (tertiary/aromatic N) is 1. The van der Waals surface area contributed by atoms with Crippen molar-refractivity contribution in [1.29, 1.82) is 0 Å². The van der Waals surface area contributed by atoms with E-state index >= 15 is 0 Å². The number of benzene rings is 3. The molecule has 4 rings (SSSR count). The fourth-order valence-electron chi connectivity index (χ4n) is 3.13. The summed E-state index contributed by atoms with van der Waals surface area (Å²) in [6.45, 7) is 2.13. The summed E-state index contributed by atoms with van der Waals surface area (Å²) < 4.78 is 24.6. The quantitative estimate of drug-likeness (QED) is 0.421. The molecule has 1 heterocycles. The van der Waals surface area contributed by atoms with E-state index in [1.165, 1.54) is 31.0 Å². The number of carbonyl (C=O) groups is 1. The Morgan fingerprint density at radius 3 is 2.76 bits per heavy atom. The molecule has 1 N–H and O–H groups in total. The van der Waals surface area contributed by atoms with Crippen LogP contribution in [0.2, 0.25) is 5.02 Å². The van der Waals surface area contributed by atoms with Crippen molar-refractivity contribution >= 4 is 46.2 Å². The first-order valence-electron chi connectivity index (χ1n) is 10.0. The number of hydrogen-bond donors (Lipinski definition) is 1. The van der Waals surface area contributed by atoms with Crippen LogP contribution in [0.1, 0.15) is 16.7 Å². The van der Waals surface area contributed by atoms with Gasteiger partial charge in [-0.2, -0.15) is 0 Å². The zero-order valence-electron chi connectivity index (χ0n) is 17.9. The minimum atomic E-state index is -0.314. The molecule has 0 spiro atoms. The van der Waals surface area contributed by atoms with Crippen LogP contribution in [0.25, 0.3) is 6.08 Å². The zero-order chi connectivity index (χ0) is 23.4. The van der Waals surface area contributed by atoms with E-state index in [1.54, 1.807) is 42.5 Å². The van der Waals surface area contributed by atoms with Gasteiger partial charge in [0.25, 0.3) is 5.91 Å². The molecule has 3 aromatic rings. The predicted octanol–water partition coefficient (Wildman–Crippen LogP) is 6.27. The van der Waals surface area contributed by atoms with E-state index in [2.05, 4.69) is 10.3 Å². The Morgan fingerprint density at radius 2 is 1.97 bits per heavy atom. The second kappa shape index (κ2) is 10.1. The summed E-state index contributed by atoms with van der Waals surface area (Å²) in [6, 6.07) is 17.0. The van der Waals surface area contributed by atoms with Gasteiger partial charge in [0, 0.05) is 5.02 Å². The first-order valence-corrected chi connectivity index (χ1v) is 11.2. The lowest BCUT2D eigenvalue weighted by molar-refractivity contribution is -0.115. The third-order valence-electron chi connectivity index (χ3n) is 4.81. The molecule has 0 atom stereocenters. The number of thioether (sulfide) groups is 1. The molecule has 1 aliphatic rings. The van der Waals surface area contributed by atoms with Gasteiger partial charge in [0.2, 0.25) is 0 Å². The Labute approximate surface area is 200 Å². The SMILES string of the molecule is COc1cc(/C=C2\SC(=Nc3cc(Cl)ccc3C)NC2=O)ccc1OCc1cccc(F)c1. The van der Waals surface area contributed by atoms with Crippen molar-refractivity contribution in [1.82, 2.24) is 5.32 Å². The first-order chi connectivity index (χ1) is 15.9. The van der Waals surface area contributed by atoms with E-state index in [9.17, 15) is 9.18 Å². The Hall–Kier alpha value is -3.29. The molecule has 3 aromatic carbocycles. The molecule has 0 radical (unpaired) electrons. The van der Waals surface area contributed by atoms with Crippen molar-refractivity contribution in [3.8, 4) is 11.5 Å². The minimum absolute atomic E-state index is 0.204. The van der Waals surface area contributed by atoms with Crippen molar-refractivity contribution in [2.75, 3.05) is 7.11 Å². The highest BCUT2D eigenvalue weighted by atomic mass is 35.5. The summed E-state index contributed by atoms with van der Waals surface area (Å²) >= 11 is 7.31. The van der Waals surface area contributed by atoms with E-state index in [4.69, 9.17) is 21.1 Å². The maximum absolute atomic E-state index is 13.4. The van der Waals surface area contributed by atoms with Crippen LogP contribution in [0.3, 0.4) is 0 Å². The molecule has 0 aliphatic carbocycles. The summed E-state index contributed by atoms with van der Waals surface area (Å²) in [5, 5.41) is 3.84. The molecule has 33 heavy (non-hydrogen) atoms. The Balaban J connectivity index is 1.50. The largest absolute Gasteiger partial charge is 0.493 e. The van der Waals surface area contributed by atoms with Crippen LogP contribution < -0.4 is 14.8 Å². The average Bonchev–Trinajstić information content (AvgIpc) is 3.13. The number of amides is 1. The van der Waals surface area contributed by atoms with E-state index in [0.717, 1.165) is 11.1 Å². The molecule has 0 saturated carbocycles. The molecule has 1 amide bonds.